The van der Waals surface area contributed by atoms with Gasteiger partial charge in [0.2, 0.25) is 5.91 Å². The van der Waals surface area contributed by atoms with E-state index in [1.807, 2.05) is 32.0 Å². The van der Waals surface area contributed by atoms with Crippen molar-refractivity contribution in [1.82, 2.24) is 19.3 Å². The van der Waals surface area contributed by atoms with Crippen LogP contribution in [0.3, 0.4) is 0 Å². The minimum Gasteiger partial charge on any atom is -0.325 e. The van der Waals surface area contributed by atoms with E-state index in [0.29, 0.717) is 5.65 Å². The Hall–Kier alpha value is -3.95. The first kappa shape index (κ1) is 21.3. The van der Waals surface area contributed by atoms with Crippen LogP contribution in [0.2, 0.25) is 0 Å². The van der Waals surface area contributed by atoms with Crippen molar-refractivity contribution in [2.45, 2.75) is 26.6 Å². The number of carbonyl (C=O) groups is 1. The molecule has 0 unspecified atom stereocenters. The quantitative estimate of drug-likeness (QED) is 0.522. The molecule has 164 valence electrons. The van der Waals surface area contributed by atoms with Crippen LogP contribution in [0, 0.1) is 13.8 Å². The highest BCUT2D eigenvalue weighted by Crippen LogP contribution is 2.29. The molecule has 0 aliphatic carbocycles. The number of aryl methyl sites for hydroxylation is 1. The number of halogens is 3. The maximum absolute atomic E-state index is 12.8. The number of rotatable bonds is 4. The van der Waals surface area contributed by atoms with E-state index in [4.69, 9.17) is 0 Å². The van der Waals surface area contributed by atoms with Crippen molar-refractivity contribution in [3.05, 3.63) is 82.0 Å². The topological polar surface area (TPSA) is 81.8 Å². The molecule has 0 saturated heterocycles. The lowest BCUT2D eigenvalue weighted by Gasteiger charge is -2.10. The Bertz CT molecular complexity index is 1370. The summed E-state index contributed by atoms with van der Waals surface area (Å²) in [7, 11) is 0. The molecule has 0 aliphatic rings. The standard InChI is InChI=1S/C22H18F3N5O2/c1-13-4-3-5-18(14(13)2)30-20-17(10-27-30)21(32)29(12-26-20)11-19(31)28-16-8-6-15(7-9-16)22(23,24)25/h3-10,12H,11H2,1-2H3,(H,28,31). The molecule has 0 aliphatic heterocycles. The third-order valence-electron chi connectivity index (χ3n) is 5.17. The van der Waals surface area contributed by atoms with Gasteiger partial charge in [0.05, 0.1) is 17.4 Å². The number of nitrogens with one attached hydrogen (secondary N) is 1. The summed E-state index contributed by atoms with van der Waals surface area (Å²) in [5.74, 6) is -0.574. The molecule has 7 nitrogen and oxygen atoms in total. The van der Waals surface area contributed by atoms with E-state index in [0.717, 1.165) is 45.6 Å². The van der Waals surface area contributed by atoms with Crippen molar-refractivity contribution in [2.75, 3.05) is 5.32 Å². The average molecular weight is 441 g/mol. The fraction of sp³-hybridized carbons (Fsp3) is 0.182. The lowest BCUT2D eigenvalue weighted by Crippen LogP contribution is -2.27. The minimum absolute atomic E-state index is 0.188. The Labute approximate surface area is 180 Å². The van der Waals surface area contributed by atoms with Crippen LogP contribution in [0.25, 0.3) is 16.7 Å². The molecule has 0 spiro atoms. The first-order valence-corrected chi connectivity index (χ1v) is 9.62. The molecule has 0 saturated carbocycles. The molecule has 0 atom stereocenters. The molecule has 2 heterocycles. The number of nitrogens with zero attached hydrogens (tertiary/aromatic N) is 4. The molecule has 1 N–H and O–H groups in total. The molecule has 4 rings (SSSR count). The molecule has 2 aromatic heterocycles. The summed E-state index contributed by atoms with van der Waals surface area (Å²) in [5.41, 5.74) is 2.15. The number of hydrogen-bond acceptors (Lipinski definition) is 4. The summed E-state index contributed by atoms with van der Waals surface area (Å²) in [5, 5.41) is 7.01. The summed E-state index contributed by atoms with van der Waals surface area (Å²) < 4.78 is 40.7. The smallest absolute Gasteiger partial charge is 0.325 e. The van der Waals surface area contributed by atoms with E-state index >= 15 is 0 Å². The summed E-state index contributed by atoms with van der Waals surface area (Å²) >= 11 is 0. The molecule has 10 heteroatoms. The predicted octanol–water partition coefficient (Wildman–Crippen LogP) is 3.86. The van der Waals surface area contributed by atoms with Crippen LogP contribution in [0.4, 0.5) is 18.9 Å². The second kappa shape index (κ2) is 7.95. The van der Waals surface area contributed by atoms with Crippen LogP contribution >= 0.6 is 0 Å². The maximum Gasteiger partial charge on any atom is 0.416 e. The van der Waals surface area contributed by atoms with E-state index in [1.165, 1.54) is 12.5 Å². The van der Waals surface area contributed by atoms with Gasteiger partial charge in [0.1, 0.15) is 18.3 Å². The Morgan fingerprint density at radius 1 is 1.09 bits per heavy atom. The third-order valence-corrected chi connectivity index (χ3v) is 5.17. The maximum atomic E-state index is 12.8. The van der Waals surface area contributed by atoms with E-state index in [9.17, 15) is 22.8 Å². The molecule has 0 fully saturated rings. The highest BCUT2D eigenvalue weighted by atomic mass is 19.4. The number of anilines is 1. The van der Waals surface area contributed by atoms with Gasteiger partial charge in [-0.25, -0.2) is 9.67 Å². The van der Waals surface area contributed by atoms with Gasteiger partial charge < -0.3 is 5.32 Å². The highest BCUT2D eigenvalue weighted by molar-refractivity contribution is 5.90. The van der Waals surface area contributed by atoms with Gasteiger partial charge in [-0.1, -0.05) is 12.1 Å². The second-order valence-corrected chi connectivity index (χ2v) is 7.31. The fourth-order valence-electron chi connectivity index (χ4n) is 3.30. The van der Waals surface area contributed by atoms with E-state index in [2.05, 4.69) is 15.4 Å². The zero-order valence-corrected chi connectivity index (χ0v) is 17.1. The predicted molar refractivity (Wildman–Crippen MR) is 113 cm³/mol. The average Bonchev–Trinajstić information content (AvgIpc) is 3.16. The van der Waals surface area contributed by atoms with Crippen molar-refractivity contribution >= 4 is 22.6 Å². The SMILES string of the molecule is Cc1cccc(-n2ncc3c(=O)n(CC(=O)Nc4ccc(C(F)(F)F)cc4)cnc32)c1C. The van der Waals surface area contributed by atoms with Gasteiger partial charge in [0.15, 0.2) is 5.65 Å². The van der Waals surface area contributed by atoms with Crippen LogP contribution in [0.5, 0.6) is 0 Å². The van der Waals surface area contributed by atoms with E-state index in [1.54, 1.807) is 4.68 Å². The number of carbonyl (C=O) groups excluding carboxylic acids is 1. The molecule has 32 heavy (non-hydrogen) atoms. The monoisotopic (exact) mass is 441 g/mol. The van der Waals surface area contributed by atoms with Crippen LogP contribution in [-0.4, -0.2) is 25.2 Å². The van der Waals surface area contributed by atoms with Crippen molar-refractivity contribution < 1.29 is 18.0 Å². The van der Waals surface area contributed by atoms with Gasteiger partial charge in [-0.15, -0.1) is 0 Å². The number of aromatic nitrogens is 4. The zero-order valence-electron chi connectivity index (χ0n) is 17.1. The van der Waals surface area contributed by atoms with E-state index < -0.39 is 23.2 Å². The third kappa shape index (κ3) is 3.98. The summed E-state index contributed by atoms with van der Waals surface area (Å²) in [6.45, 7) is 3.57. The molecule has 0 bridgehead atoms. The van der Waals surface area contributed by atoms with Crippen LogP contribution in [0.15, 0.2) is 59.8 Å². The first-order valence-electron chi connectivity index (χ1n) is 9.62. The summed E-state index contributed by atoms with van der Waals surface area (Å²) in [6, 6.07) is 9.78. The molecule has 2 aromatic carbocycles. The van der Waals surface area contributed by atoms with Crippen LogP contribution in [0.1, 0.15) is 16.7 Å². The molecular weight excluding hydrogens is 423 g/mol. The fourth-order valence-corrected chi connectivity index (χ4v) is 3.30. The van der Waals surface area contributed by atoms with Crippen molar-refractivity contribution in [3.8, 4) is 5.69 Å². The molecule has 4 aromatic rings. The normalized spacial score (nSPS) is 11.7. The van der Waals surface area contributed by atoms with Crippen LogP contribution in [-0.2, 0) is 17.5 Å². The number of hydrogen-bond donors (Lipinski definition) is 1. The van der Waals surface area contributed by atoms with Gasteiger partial charge in [-0.05, 0) is 55.3 Å². The largest absolute Gasteiger partial charge is 0.416 e. The minimum atomic E-state index is -4.46. The lowest BCUT2D eigenvalue weighted by atomic mass is 10.1. The van der Waals surface area contributed by atoms with Gasteiger partial charge in [-0.3, -0.25) is 14.2 Å². The van der Waals surface area contributed by atoms with Gasteiger partial charge in [-0.2, -0.15) is 18.3 Å². The Morgan fingerprint density at radius 2 is 1.81 bits per heavy atom. The van der Waals surface area contributed by atoms with Gasteiger partial charge >= 0.3 is 6.18 Å². The molecule has 0 radical (unpaired) electrons. The number of amides is 1. The highest BCUT2D eigenvalue weighted by Gasteiger charge is 2.30. The Balaban J connectivity index is 1.57. The molecular formula is C22H18F3N5O2. The zero-order chi connectivity index (χ0) is 23.0. The van der Waals surface area contributed by atoms with Gasteiger partial charge in [0, 0.05) is 5.69 Å². The number of alkyl halides is 3. The Kier molecular flexibility index (Phi) is 5.29. The van der Waals surface area contributed by atoms with Crippen molar-refractivity contribution in [2.24, 2.45) is 0 Å². The second-order valence-electron chi connectivity index (χ2n) is 7.31. The van der Waals surface area contributed by atoms with E-state index in [-0.39, 0.29) is 17.6 Å². The first-order chi connectivity index (χ1) is 15.1. The number of fused-ring (bicyclic) bond motifs is 1. The van der Waals surface area contributed by atoms with Crippen LogP contribution < -0.4 is 10.9 Å². The van der Waals surface area contributed by atoms with Crippen molar-refractivity contribution in [3.63, 3.8) is 0 Å². The lowest BCUT2D eigenvalue weighted by molar-refractivity contribution is -0.137. The summed E-state index contributed by atoms with van der Waals surface area (Å²) in [6.07, 6.45) is -1.81. The number of benzene rings is 2. The van der Waals surface area contributed by atoms with Crippen molar-refractivity contribution in [1.29, 1.82) is 0 Å². The Morgan fingerprint density at radius 3 is 2.50 bits per heavy atom. The van der Waals surface area contributed by atoms with Gasteiger partial charge in [0.25, 0.3) is 5.56 Å². The summed E-state index contributed by atoms with van der Waals surface area (Å²) in [4.78, 5) is 29.5. The molecule has 1 amide bonds.